The van der Waals surface area contributed by atoms with Gasteiger partial charge in [0.2, 0.25) is 11.8 Å². The lowest BCUT2D eigenvalue weighted by molar-refractivity contribution is -0.133. The molecule has 1 saturated heterocycles. The molecule has 122 valence electrons. The number of aromatic nitrogens is 2. The molecule has 1 aromatic rings. The first-order valence-electron chi connectivity index (χ1n) is 8.22. The van der Waals surface area contributed by atoms with Crippen LogP contribution in [0.3, 0.4) is 0 Å². The molecule has 0 unspecified atom stereocenters. The van der Waals surface area contributed by atoms with E-state index in [-0.39, 0.29) is 11.8 Å². The van der Waals surface area contributed by atoms with E-state index in [1.807, 2.05) is 16.5 Å². The molecule has 0 radical (unpaired) electrons. The number of carbonyl (C=O) groups is 2. The van der Waals surface area contributed by atoms with Crippen LogP contribution in [0.5, 0.6) is 0 Å². The number of rotatable bonds is 7. The van der Waals surface area contributed by atoms with Gasteiger partial charge in [0.1, 0.15) is 5.82 Å². The summed E-state index contributed by atoms with van der Waals surface area (Å²) in [6.45, 7) is 6.34. The highest BCUT2D eigenvalue weighted by atomic mass is 16.2. The van der Waals surface area contributed by atoms with Gasteiger partial charge in [0.05, 0.1) is 6.20 Å². The van der Waals surface area contributed by atoms with Gasteiger partial charge in [-0.05, 0) is 32.6 Å². The van der Waals surface area contributed by atoms with Crippen molar-refractivity contribution in [3.63, 3.8) is 0 Å². The summed E-state index contributed by atoms with van der Waals surface area (Å²) in [6.07, 6.45) is 6.61. The molecule has 1 aromatic heterocycles. The standard InChI is InChI=1S/C16H26N4O2/c1-3-9-20-16(13(2)12-17-20)18-14(21)7-6-11-19-10-5-4-8-15(19)22/h12H,3-11H2,1-2H3,(H,18,21). The van der Waals surface area contributed by atoms with Gasteiger partial charge in [0, 0.05) is 38.0 Å². The van der Waals surface area contributed by atoms with E-state index in [4.69, 9.17) is 0 Å². The molecule has 1 aliphatic rings. The van der Waals surface area contributed by atoms with Gasteiger partial charge < -0.3 is 10.2 Å². The lowest BCUT2D eigenvalue weighted by Gasteiger charge is -2.26. The minimum atomic E-state index is -0.00888. The van der Waals surface area contributed by atoms with Gasteiger partial charge in [-0.15, -0.1) is 0 Å². The van der Waals surface area contributed by atoms with Crippen LogP contribution in [0.15, 0.2) is 6.20 Å². The lowest BCUT2D eigenvalue weighted by atomic mass is 10.1. The fraction of sp³-hybridized carbons (Fsp3) is 0.688. The Morgan fingerprint density at radius 1 is 1.36 bits per heavy atom. The van der Waals surface area contributed by atoms with E-state index in [1.54, 1.807) is 6.20 Å². The average molecular weight is 306 g/mol. The first-order chi connectivity index (χ1) is 10.6. The Balaban J connectivity index is 1.78. The molecular weight excluding hydrogens is 280 g/mol. The van der Waals surface area contributed by atoms with Crippen LogP contribution in [-0.4, -0.2) is 39.6 Å². The number of anilines is 1. The highest BCUT2D eigenvalue weighted by Crippen LogP contribution is 2.15. The van der Waals surface area contributed by atoms with Gasteiger partial charge in [0.25, 0.3) is 0 Å². The van der Waals surface area contributed by atoms with Crippen LogP contribution < -0.4 is 5.32 Å². The van der Waals surface area contributed by atoms with Gasteiger partial charge >= 0.3 is 0 Å². The second-order valence-electron chi connectivity index (χ2n) is 5.89. The van der Waals surface area contributed by atoms with Crippen molar-refractivity contribution in [3.05, 3.63) is 11.8 Å². The minimum Gasteiger partial charge on any atom is -0.343 e. The van der Waals surface area contributed by atoms with Gasteiger partial charge in [-0.25, -0.2) is 4.68 Å². The predicted octanol–water partition coefficient (Wildman–Crippen LogP) is 2.33. The van der Waals surface area contributed by atoms with Crippen LogP contribution >= 0.6 is 0 Å². The number of carbonyl (C=O) groups excluding carboxylic acids is 2. The third-order valence-electron chi connectivity index (χ3n) is 3.97. The number of hydrogen-bond acceptors (Lipinski definition) is 3. The van der Waals surface area contributed by atoms with E-state index >= 15 is 0 Å². The normalized spacial score (nSPS) is 15.2. The molecule has 6 nitrogen and oxygen atoms in total. The summed E-state index contributed by atoms with van der Waals surface area (Å²) in [5.74, 6) is 1.01. The monoisotopic (exact) mass is 306 g/mol. The third kappa shape index (κ3) is 4.32. The maximum absolute atomic E-state index is 12.1. The van der Waals surface area contributed by atoms with Gasteiger partial charge in [-0.2, -0.15) is 5.10 Å². The topological polar surface area (TPSA) is 67.2 Å². The molecule has 2 heterocycles. The van der Waals surface area contributed by atoms with Crippen LogP contribution in [0.1, 0.15) is 51.0 Å². The van der Waals surface area contributed by atoms with E-state index in [0.717, 1.165) is 43.7 Å². The summed E-state index contributed by atoms with van der Waals surface area (Å²) in [7, 11) is 0. The molecule has 6 heteroatoms. The molecule has 2 rings (SSSR count). The second-order valence-corrected chi connectivity index (χ2v) is 5.89. The number of aryl methyl sites for hydroxylation is 2. The number of piperidine rings is 1. The Bertz CT molecular complexity index is 524. The van der Waals surface area contributed by atoms with Gasteiger partial charge in [0.15, 0.2) is 0 Å². The van der Waals surface area contributed by atoms with Crippen LogP contribution in [0.4, 0.5) is 5.82 Å². The smallest absolute Gasteiger partial charge is 0.225 e. The molecule has 2 amide bonds. The van der Waals surface area contributed by atoms with E-state index in [9.17, 15) is 9.59 Å². The van der Waals surface area contributed by atoms with Crippen molar-refractivity contribution in [1.29, 1.82) is 0 Å². The number of nitrogens with one attached hydrogen (secondary N) is 1. The van der Waals surface area contributed by atoms with Crippen LogP contribution in [0.25, 0.3) is 0 Å². The lowest BCUT2D eigenvalue weighted by Crippen LogP contribution is -2.36. The largest absolute Gasteiger partial charge is 0.343 e. The maximum Gasteiger partial charge on any atom is 0.225 e. The fourth-order valence-electron chi connectivity index (χ4n) is 2.75. The number of hydrogen-bond donors (Lipinski definition) is 1. The summed E-state index contributed by atoms with van der Waals surface area (Å²) in [5, 5.41) is 7.22. The zero-order valence-corrected chi connectivity index (χ0v) is 13.6. The first kappa shape index (κ1) is 16.5. The number of nitrogens with zero attached hydrogens (tertiary/aromatic N) is 3. The highest BCUT2D eigenvalue weighted by Gasteiger charge is 2.18. The van der Waals surface area contributed by atoms with Crippen molar-refractivity contribution in [1.82, 2.24) is 14.7 Å². The first-order valence-corrected chi connectivity index (χ1v) is 8.22. The molecule has 0 spiro atoms. The Labute approximate surface area is 131 Å². The van der Waals surface area contributed by atoms with Crippen molar-refractivity contribution < 1.29 is 9.59 Å². The number of likely N-dealkylation sites (tertiary alicyclic amines) is 1. The molecule has 1 aliphatic heterocycles. The molecular formula is C16H26N4O2. The minimum absolute atomic E-state index is 0.00888. The molecule has 0 aromatic carbocycles. The summed E-state index contributed by atoms with van der Waals surface area (Å²) in [5.41, 5.74) is 0.980. The Morgan fingerprint density at radius 3 is 2.91 bits per heavy atom. The molecule has 0 aliphatic carbocycles. The Hall–Kier alpha value is -1.85. The van der Waals surface area contributed by atoms with Crippen molar-refractivity contribution in [2.45, 2.75) is 58.9 Å². The van der Waals surface area contributed by atoms with E-state index in [2.05, 4.69) is 17.3 Å². The van der Waals surface area contributed by atoms with Gasteiger partial charge in [-0.1, -0.05) is 6.92 Å². The summed E-state index contributed by atoms with van der Waals surface area (Å²) in [6, 6.07) is 0. The van der Waals surface area contributed by atoms with Crippen molar-refractivity contribution in [3.8, 4) is 0 Å². The van der Waals surface area contributed by atoms with Gasteiger partial charge in [-0.3, -0.25) is 9.59 Å². The summed E-state index contributed by atoms with van der Waals surface area (Å²) >= 11 is 0. The number of amides is 2. The predicted molar refractivity (Wildman–Crippen MR) is 85.5 cm³/mol. The summed E-state index contributed by atoms with van der Waals surface area (Å²) < 4.78 is 1.83. The summed E-state index contributed by atoms with van der Waals surface area (Å²) in [4.78, 5) is 25.7. The zero-order valence-electron chi connectivity index (χ0n) is 13.6. The fourth-order valence-corrected chi connectivity index (χ4v) is 2.75. The van der Waals surface area contributed by atoms with E-state index in [0.29, 0.717) is 25.8 Å². The average Bonchev–Trinajstić information content (AvgIpc) is 2.83. The molecule has 1 N–H and O–H groups in total. The van der Waals surface area contributed by atoms with Crippen LogP contribution in [0, 0.1) is 6.92 Å². The molecule has 0 atom stereocenters. The zero-order chi connectivity index (χ0) is 15.9. The maximum atomic E-state index is 12.1. The quantitative estimate of drug-likeness (QED) is 0.840. The van der Waals surface area contributed by atoms with Crippen molar-refractivity contribution in [2.24, 2.45) is 0 Å². The van der Waals surface area contributed by atoms with E-state index in [1.165, 1.54) is 0 Å². The van der Waals surface area contributed by atoms with E-state index < -0.39 is 0 Å². The molecule has 1 fully saturated rings. The highest BCUT2D eigenvalue weighted by molar-refractivity contribution is 5.90. The molecule has 22 heavy (non-hydrogen) atoms. The second kappa shape index (κ2) is 7.96. The molecule has 0 bridgehead atoms. The Kier molecular flexibility index (Phi) is 5.98. The van der Waals surface area contributed by atoms with Crippen LogP contribution in [-0.2, 0) is 16.1 Å². The van der Waals surface area contributed by atoms with Crippen molar-refractivity contribution >= 4 is 17.6 Å². The SMILES string of the molecule is CCCn1ncc(C)c1NC(=O)CCCN1CCCCC1=O. The molecule has 0 saturated carbocycles. The Morgan fingerprint density at radius 2 is 2.18 bits per heavy atom. The third-order valence-corrected chi connectivity index (χ3v) is 3.97. The van der Waals surface area contributed by atoms with Crippen LogP contribution in [0.2, 0.25) is 0 Å². The van der Waals surface area contributed by atoms with Crippen molar-refractivity contribution in [2.75, 3.05) is 18.4 Å².